The molecule has 0 radical (unpaired) electrons. The molecule has 5 heterocycles. The van der Waals surface area contributed by atoms with Gasteiger partial charge in [-0.1, -0.05) is 41.4 Å². The molecule has 6 nitrogen and oxygen atoms in total. The molecule has 0 saturated heterocycles. The van der Waals surface area contributed by atoms with Crippen LogP contribution in [0.15, 0.2) is 131 Å². The predicted molar refractivity (Wildman–Crippen MR) is 198 cm³/mol. The van der Waals surface area contributed by atoms with Crippen LogP contribution in [0.3, 0.4) is 0 Å². The van der Waals surface area contributed by atoms with Gasteiger partial charge in [0.05, 0.1) is 12.7 Å². The Bertz CT molecular complexity index is 2960. The summed E-state index contributed by atoms with van der Waals surface area (Å²) >= 11 is 6.36. The van der Waals surface area contributed by atoms with E-state index in [1.54, 1.807) is 13.4 Å². The van der Waals surface area contributed by atoms with Crippen molar-refractivity contribution in [2.24, 2.45) is 0 Å². The lowest BCUT2D eigenvalue weighted by atomic mass is 9.89. The topological polar surface area (TPSA) is 74.9 Å². The molecule has 7 heteroatoms. The van der Waals surface area contributed by atoms with Gasteiger partial charge in [0.2, 0.25) is 0 Å². The van der Waals surface area contributed by atoms with Gasteiger partial charge in [0, 0.05) is 60.3 Å². The lowest BCUT2D eigenvalue weighted by Crippen LogP contribution is -1.91. The SMILES string of the molecule is COc1ccc2cc(-c3cc4occ(-c5cc6cc(Cl)ccc6o5)c4c(-c4oc5ccccc5c4C)c3-c3cc4cc(C)ccc4o3)oc2c1. The molecule has 0 aliphatic rings. The summed E-state index contributed by atoms with van der Waals surface area (Å²) < 4.78 is 38.5. The van der Waals surface area contributed by atoms with Crippen LogP contribution in [-0.4, -0.2) is 7.11 Å². The van der Waals surface area contributed by atoms with Gasteiger partial charge in [-0.2, -0.15) is 0 Å². The molecule has 0 unspecified atom stereocenters. The van der Waals surface area contributed by atoms with Crippen LogP contribution in [0.1, 0.15) is 11.1 Å². The molecule has 10 rings (SSSR count). The molecule has 10 aromatic rings. The first-order valence-corrected chi connectivity index (χ1v) is 16.6. The first-order valence-electron chi connectivity index (χ1n) is 16.3. The van der Waals surface area contributed by atoms with Crippen LogP contribution in [0.25, 0.3) is 100 Å². The number of fused-ring (bicyclic) bond motifs is 5. The molecule has 50 heavy (non-hydrogen) atoms. The first kappa shape index (κ1) is 28.9. The summed E-state index contributed by atoms with van der Waals surface area (Å²) in [4.78, 5) is 0. The highest BCUT2D eigenvalue weighted by Crippen LogP contribution is 2.52. The van der Waals surface area contributed by atoms with Gasteiger partial charge in [0.15, 0.2) is 0 Å². The summed E-state index contributed by atoms with van der Waals surface area (Å²) in [5, 5.41) is 5.31. The van der Waals surface area contributed by atoms with Gasteiger partial charge in [-0.05, 0) is 86.6 Å². The van der Waals surface area contributed by atoms with E-state index in [9.17, 15) is 0 Å². The summed E-state index contributed by atoms with van der Waals surface area (Å²) in [6.07, 6.45) is 1.74. The van der Waals surface area contributed by atoms with Gasteiger partial charge >= 0.3 is 0 Å². The fraction of sp³-hybridized carbons (Fsp3) is 0.0698. The van der Waals surface area contributed by atoms with Crippen LogP contribution in [0.5, 0.6) is 5.75 Å². The number of hydrogen-bond donors (Lipinski definition) is 0. The van der Waals surface area contributed by atoms with Gasteiger partial charge < -0.3 is 26.8 Å². The second-order valence-corrected chi connectivity index (χ2v) is 13.1. The molecular formula is C43H27ClO6. The van der Waals surface area contributed by atoms with E-state index >= 15 is 0 Å². The van der Waals surface area contributed by atoms with Crippen LogP contribution in [0, 0.1) is 13.8 Å². The second-order valence-electron chi connectivity index (χ2n) is 12.7. The molecule has 0 N–H and O–H groups in total. The van der Waals surface area contributed by atoms with E-state index in [2.05, 4.69) is 38.1 Å². The number of methoxy groups -OCH3 is 1. The molecule has 0 amide bonds. The minimum Gasteiger partial charge on any atom is -0.497 e. The lowest BCUT2D eigenvalue weighted by molar-refractivity contribution is 0.414. The zero-order chi connectivity index (χ0) is 33.7. The normalized spacial score (nSPS) is 12.0. The largest absolute Gasteiger partial charge is 0.497 e. The highest BCUT2D eigenvalue weighted by molar-refractivity contribution is 6.31. The van der Waals surface area contributed by atoms with Crippen molar-refractivity contribution in [3.8, 4) is 51.0 Å². The van der Waals surface area contributed by atoms with E-state index in [4.69, 9.17) is 38.4 Å². The maximum absolute atomic E-state index is 6.78. The first-order chi connectivity index (χ1) is 24.4. The molecule has 0 fully saturated rings. The summed E-state index contributed by atoms with van der Waals surface area (Å²) in [5.41, 5.74) is 8.93. The van der Waals surface area contributed by atoms with Crippen molar-refractivity contribution in [3.05, 3.63) is 126 Å². The maximum atomic E-state index is 6.78. The Morgan fingerprint density at radius 1 is 0.560 bits per heavy atom. The third kappa shape index (κ3) is 4.35. The smallest absolute Gasteiger partial charge is 0.139 e. The minimum atomic E-state index is 0.635. The van der Waals surface area contributed by atoms with Crippen molar-refractivity contribution < 1.29 is 26.8 Å². The molecule has 0 aliphatic carbocycles. The average Bonchev–Trinajstić information content (AvgIpc) is 3.95. The second kappa shape index (κ2) is 10.7. The van der Waals surface area contributed by atoms with Gasteiger partial charge in [-0.3, -0.25) is 0 Å². The maximum Gasteiger partial charge on any atom is 0.139 e. The lowest BCUT2D eigenvalue weighted by Gasteiger charge is -2.14. The monoisotopic (exact) mass is 674 g/mol. The predicted octanol–water partition coefficient (Wildman–Crippen LogP) is 13.4. The van der Waals surface area contributed by atoms with Crippen molar-refractivity contribution in [2.45, 2.75) is 13.8 Å². The van der Waals surface area contributed by atoms with Gasteiger partial charge in [-0.25, -0.2) is 0 Å². The molecule has 242 valence electrons. The van der Waals surface area contributed by atoms with Gasteiger partial charge in [-0.15, -0.1) is 0 Å². The summed E-state index contributed by atoms with van der Waals surface area (Å²) in [6, 6.07) is 33.8. The van der Waals surface area contributed by atoms with Crippen LogP contribution in [0.2, 0.25) is 5.02 Å². The Balaban J connectivity index is 1.37. The van der Waals surface area contributed by atoms with E-state index in [-0.39, 0.29) is 0 Å². The third-order valence-electron chi connectivity index (χ3n) is 9.59. The standard InChI is InChI=1S/C43H27ClO6/c1-22-8-12-32-25(14-22)18-39(48-32)40-30(36-16-24-9-11-28(45-3)19-35(24)49-36)20-38-41(42(40)43-23(2)29-6-4-5-7-34(29)50-43)31(21-46-38)37-17-26-15-27(44)10-13-33(26)47-37/h4-21H,1-3H3. The fourth-order valence-electron chi connectivity index (χ4n) is 7.18. The van der Waals surface area contributed by atoms with Gasteiger partial charge in [0.25, 0.3) is 0 Å². The Labute approximate surface area is 290 Å². The quantitative estimate of drug-likeness (QED) is 0.181. The van der Waals surface area contributed by atoms with Crippen molar-refractivity contribution in [2.75, 3.05) is 7.11 Å². The van der Waals surface area contributed by atoms with E-state index in [0.29, 0.717) is 45.0 Å². The summed E-state index contributed by atoms with van der Waals surface area (Å²) in [6.45, 7) is 4.16. The minimum absolute atomic E-state index is 0.635. The number of para-hydroxylation sites is 1. The van der Waals surface area contributed by atoms with Crippen LogP contribution in [-0.2, 0) is 0 Å². The van der Waals surface area contributed by atoms with Crippen LogP contribution < -0.4 is 4.74 Å². The molecule has 0 spiro atoms. The number of aryl methyl sites for hydroxylation is 2. The van der Waals surface area contributed by atoms with E-state index < -0.39 is 0 Å². The molecule has 0 saturated carbocycles. The Morgan fingerprint density at radius 3 is 2.16 bits per heavy atom. The van der Waals surface area contributed by atoms with Crippen molar-refractivity contribution in [1.82, 2.24) is 0 Å². The number of rotatable bonds is 5. The average molecular weight is 675 g/mol. The van der Waals surface area contributed by atoms with Gasteiger partial charge in [0.1, 0.15) is 63.0 Å². The Kier molecular flexibility index (Phi) is 6.17. The molecule has 0 aliphatic heterocycles. The van der Waals surface area contributed by atoms with E-state index in [0.717, 1.165) is 77.1 Å². The summed E-state index contributed by atoms with van der Waals surface area (Å²) in [5.74, 6) is 3.37. The Hall–Kier alpha value is -6.11. The number of ether oxygens (including phenoxy) is 1. The number of furan rings is 5. The summed E-state index contributed by atoms with van der Waals surface area (Å²) in [7, 11) is 1.65. The fourth-order valence-corrected chi connectivity index (χ4v) is 7.36. The van der Waals surface area contributed by atoms with Crippen LogP contribution in [0.4, 0.5) is 0 Å². The zero-order valence-corrected chi connectivity index (χ0v) is 28.0. The number of hydrogen-bond acceptors (Lipinski definition) is 6. The molecule has 5 aromatic carbocycles. The number of benzene rings is 5. The van der Waals surface area contributed by atoms with Crippen molar-refractivity contribution in [1.29, 1.82) is 0 Å². The molecule has 5 aromatic heterocycles. The third-order valence-corrected chi connectivity index (χ3v) is 9.82. The van der Waals surface area contributed by atoms with E-state index in [1.807, 2.05) is 78.9 Å². The Morgan fingerprint density at radius 2 is 1.30 bits per heavy atom. The molecular weight excluding hydrogens is 648 g/mol. The van der Waals surface area contributed by atoms with Crippen molar-refractivity contribution >= 4 is 66.4 Å². The highest BCUT2D eigenvalue weighted by atomic mass is 35.5. The number of halogens is 1. The zero-order valence-electron chi connectivity index (χ0n) is 27.2. The van der Waals surface area contributed by atoms with Crippen molar-refractivity contribution in [3.63, 3.8) is 0 Å². The molecule has 0 bridgehead atoms. The van der Waals surface area contributed by atoms with E-state index in [1.165, 1.54) is 0 Å². The van der Waals surface area contributed by atoms with Crippen LogP contribution >= 0.6 is 11.6 Å². The highest BCUT2D eigenvalue weighted by Gasteiger charge is 2.30. The molecule has 0 atom stereocenters.